The van der Waals surface area contributed by atoms with Gasteiger partial charge in [0, 0.05) is 17.4 Å². The topological polar surface area (TPSA) is 23.5 Å². The highest BCUT2D eigenvalue weighted by Crippen LogP contribution is 2.23. The lowest BCUT2D eigenvalue weighted by molar-refractivity contribution is 0.0554. The molecule has 0 aliphatic carbocycles. The van der Waals surface area contributed by atoms with Gasteiger partial charge in [0.15, 0.2) is 0 Å². The molecule has 0 amide bonds. The van der Waals surface area contributed by atoms with Crippen molar-refractivity contribution >= 4 is 15.9 Å². The molecule has 0 saturated heterocycles. The Balaban J connectivity index is 4.22. The molecule has 13 heavy (non-hydrogen) atoms. The third kappa shape index (κ3) is 4.43. The second-order valence-electron chi connectivity index (χ2n) is 5.12. The van der Waals surface area contributed by atoms with E-state index in [9.17, 15) is 5.11 Å². The Morgan fingerprint density at radius 2 is 1.69 bits per heavy atom. The van der Waals surface area contributed by atoms with Gasteiger partial charge in [-0.25, -0.2) is 0 Å². The van der Waals surface area contributed by atoms with Crippen molar-refractivity contribution in [2.45, 2.75) is 33.2 Å². The zero-order valence-electron chi connectivity index (χ0n) is 9.39. The van der Waals surface area contributed by atoms with Gasteiger partial charge in [0.2, 0.25) is 0 Å². The van der Waals surface area contributed by atoms with Crippen LogP contribution in [0.15, 0.2) is 0 Å². The molecular formula is C10H22BrNO. The van der Waals surface area contributed by atoms with Crippen LogP contribution in [0.25, 0.3) is 0 Å². The van der Waals surface area contributed by atoms with Crippen molar-refractivity contribution in [2.24, 2.45) is 5.41 Å². The molecule has 0 aromatic carbocycles. The van der Waals surface area contributed by atoms with E-state index in [1.165, 1.54) is 0 Å². The monoisotopic (exact) mass is 251 g/mol. The Kier molecular flexibility index (Phi) is 4.91. The van der Waals surface area contributed by atoms with Crippen molar-refractivity contribution in [3.05, 3.63) is 0 Å². The number of likely N-dealkylation sites (N-methyl/N-ethyl adjacent to an activating group) is 1. The normalized spacial score (nSPS) is 13.8. The van der Waals surface area contributed by atoms with Gasteiger partial charge in [0.25, 0.3) is 0 Å². The first kappa shape index (κ1) is 13.4. The lowest BCUT2D eigenvalue weighted by Crippen LogP contribution is -2.48. The standard InChI is InChI=1S/C10H22BrNO/c1-9(2,6-11)7-12(5)10(3,4)8-13/h13H,6-8H2,1-5H3. The second-order valence-corrected chi connectivity index (χ2v) is 5.69. The highest BCUT2D eigenvalue weighted by molar-refractivity contribution is 9.09. The molecule has 0 atom stereocenters. The zero-order valence-corrected chi connectivity index (χ0v) is 11.0. The summed E-state index contributed by atoms with van der Waals surface area (Å²) in [4.78, 5) is 2.20. The van der Waals surface area contributed by atoms with Crippen LogP contribution in [0.4, 0.5) is 0 Å². The van der Waals surface area contributed by atoms with Crippen molar-refractivity contribution in [1.82, 2.24) is 4.90 Å². The molecule has 0 aliphatic rings. The fourth-order valence-corrected chi connectivity index (χ4v) is 1.20. The fourth-order valence-electron chi connectivity index (χ4n) is 1.02. The van der Waals surface area contributed by atoms with E-state index in [-0.39, 0.29) is 17.6 Å². The number of aliphatic hydroxyl groups excluding tert-OH is 1. The minimum atomic E-state index is -0.126. The average Bonchev–Trinajstić information content (AvgIpc) is 2.04. The number of alkyl halides is 1. The quantitative estimate of drug-likeness (QED) is 0.757. The van der Waals surface area contributed by atoms with Gasteiger partial charge in [-0.1, -0.05) is 29.8 Å². The van der Waals surface area contributed by atoms with Gasteiger partial charge in [0.05, 0.1) is 6.61 Å². The first-order chi connectivity index (χ1) is 5.75. The molecule has 0 rings (SSSR count). The number of rotatable bonds is 5. The Morgan fingerprint density at radius 3 is 2.00 bits per heavy atom. The van der Waals surface area contributed by atoms with Crippen LogP contribution in [0.3, 0.4) is 0 Å². The van der Waals surface area contributed by atoms with Gasteiger partial charge in [-0.2, -0.15) is 0 Å². The first-order valence-corrected chi connectivity index (χ1v) is 5.75. The fraction of sp³-hybridized carbons (Fsp3) is 1.00. The largest absolute Gasteiger partial charge is 0.394 e. The molecule has 80 valence electrons. The van der Waals surface area contributed by atoms with Crippen molar-refractivity contribution < 1.29 is 5.11 Å². The summed E-state index contributed by atoms with van der Waals surface area (Å²) < 4.78 is 0. The summed E-state index contributed by atoms with van der Waals surface area (Å²) in [5.74, 6) is 0. The van der Waals surface area contributed by atoms with Gasteiger partial charge in [0.1, 0.15) is 0 Å². The Labute approximate surface area is 90.4 Å². The Bertz CT molecular complexity index is 157. The van der Waals surface area contributed by atoms with Gasteiger partial charge < -0.3 is 5.11 Å². The van der Waals surface area contributed by atoms with Gasteiger partial charge in [-0.05, 0) is 26.3 Å². The van der Waals surface area contributed by atoms with Crippen LogP contribution in [-0.4, -0.2) is 41.1 Å². The number of halogens is 1. The highest BCUT2D eigenvalue weighted by Gasteiger charge is 2.27. The summed E-state index contributed by atoms with van der Waals surface area (Å²) >= 11 is 3.50. The molecule has 2 nitrogen and oxygen atoms in total. The molecular weight excluding hydrogens is 230 g/mol. The molecule has 0 spiro atoms. The van der Waals surface area contributed by atoms with Gasteiger partial charge in [-0.3, -0.25) is 4.90 Å². The van der Waals surface area contributed by atoms with Crippen molar-refractivity contribution in [3.63, 3.8) is 0 Å². The van der Waals surface area contributed by atoms with E-state index in [1.54, 1.807) is 0 Å². The molecule has 3 heteroatoms. The van der Waals surface area contributed by atoms with Crippen LogP contribution < -0.4 is 0 Å². The SMILES string of the molecule is CN(CC(C)(C)CBr)C(C)(C)CO. The van der Waals surface area contributed by atoms with Crippen molar-refractivity contribution in [3.8, 4) is 0 Å². The van der Waals surface area contributed by atoms with E-state index < -0.39 is 0 Å². The van der Waals surface area contributed by atoms with E-state index in [0.717, 1.165) is 11.9 Å². The maximum Gasteiger partial charge on any atom is 0.0609 e. The highest BCUT2D eigenvalue weighted by atomic mass is 79.9. The van der Waals surface area contributed by atoms with E-state index >= 15 is 0 Å². The number of nitrogens with zero attached hydrogens (tertiary/aromatic N) is 1. The van der Waals surface area contributed by atoms with Crippen LogP contribution in [0.5, 0.6) is 0 Å². The van der Waals surface area contributed by atoms with Gasteiger partial charge >= 0.3 is 0 Å². The summed E-state index contributed by atoms with van der Waals surface area (Å²) in [5.41, 5.74) is 0.126. The Hall–Kier alpha value is 0.400. The maximum absolute atomic E-state index is 9.18. The molecule has 0 fully saturated rings. The van der Waals surface area contributed by atoms with Crippen LogP contribution in [-0.2, 0) is 0 Å². The molecule has 0 saturated carbocycles. The lowest BCUT2D eigenvalue weighted by Gasteiger charge is -2.38. The van der Waals surface area contributed by atoms with Crippen LogP contribution >= 0.6 is 15.9 Å². The predicted octanol–water partition coefficient (Wildman–Crippen LogP) is 2.11. The third-order valence-corrected chi connectivity index (χ3v) is 3.97. The smallest absolute Gasteiger partial charge is 0.0609 e. The Morgan fingerprint density at radius 1 is 1.23 bits per heavy atom. The molecule has 0 aromatic rings. The van der Waals surface area contributed by atoms with Crippen LogP contribution in [0.1, 0.15) is 27.7 Å². The predicted molar refractivity (Wildman–Crippen MR) is 61.4 cm³/mol. The minimum Gasteiger partial charge on any atom is -0.394 e. The second kappa shape index (κ2) is 4.76. The van der Waals surface area contributed by atoms with E-state index in [0.29, 0.717) is 0 Å². The first-order valence-electron chi connectivity index (χ1n) is 4.63. The molecule has 0 bridgehead atoms. The zero-order chi connectivity index (χ0) is 10.7. The summed E-state index contributed by atoms with van der Waals surface area (Å²) in [6, 6.07) is 0. The van der Waals surface area contributed by atoms with E-state index in [1.807, 2.05) is 0 Å². The average molecular weight is 252 g/mol. The molecule has 0 radical (unpaired) electrons. The lowest BCUT2D eigenvalue weighted by atomic mass is 9.93. The molecule has 1 N–H and O–H groups in total. The van der Waals surface area contributed by atoms with Crippen LogP contribution in [0.2, 0.25) is 0 Å². The number of hydrogen-bond acceptors (Lipinski definition) is 2. The number of hydrogen-bond donors (Lipinski definition) is 1. The molecule has 0 aliphatic heterocycles. The summed E-state index contributed by atoms with van der Waals surface area (Å²) in [6.45, 7) is 9.71. The van der Waals surface area contributed by atoms with Crippen molar-refractivity contribution in [2.75, 3.05) is 25.5 Å². The number of aliphatic hydroxyl groups is 1. The molecule has 0 aromatic heterocycles. The maximum atomic E-state index is 9.18. The summed E-state index contributed by atoms with van der Waals surface area (Å²) in [6.07, 6.45) is 0. The molecule has 0 heterocycles. The summed E-state index contributed by atoms with van der Waals surface area (Å²) in [7, 11) is 2.06. The molecule has 0 unspecified atom stereocenters. The van der Waals surface area contributed by atoms with Gasteiger partial charge in [-0.15, -0.1) is 0 Å². The van der Waals surface area contributed by atoms with E-state index in [4.69, 9.17) is 0 Å². The van der Waals surface area contributed by atoms with Crippen molar-refractivity contribution in [1.29, 1.82) is 0 Å². The minimum absolute atomic E-state index is 0.126. The van der Waals surface area contributed by atoms with Crippen LogP contribution in [0, 0.1) is 5.41 Å². The summed E-state index contributed by atoms with van der Waals surface area (Å²) in [5, 5.41) is 10.2. The van der Waals surface area contributed by atoms with E-state index in [2.05, 4.69) is 55.6 Å². The third-order valence-electron chi connectivity index (χ3n) is 2.45.